The maximum absolute atomic E-state index is 9.68. The van der Waals surface area contributed by atoms with Crippen molar-refractivity contribution in [3.63, 3.8) is 0 Å². The van der Waals surface area contributed by atoms with E-state index < -0.39 is 0 Å². The fourth-order valence-electron chi connectivity index (χ4n) is 3.09. The number of aliphatic hydroxyl groups is 1. The number of rotatable bonds is 6. The van der Waals surface area contributed by atoms with Gasteiger partial charge in [-0.3, -0.25) is 0 Å². The fourth-order valence-corrected chi connectivity index (χ4v) is 3.09. The number of piperidine rings is 1. The Morgan fingerprint density at radius 3 is 2.43 bits per heavy atom. The van der Waals surface area contributed by atoms with Gasteiger partial charge in [-0.2, -0.15) is 0 Å². The maximum atomic E-state index is 9.68. The molecule has 1 aliphatic rings. The van der Waals surface area contributed by atoms with E-state index in [0.717, 1.165) is 39.0 Å². The summed E-state index contributed by atoms with van der Waals surface area (Å²) in [6.07, 6.45) is 1.71. The topological polar surface area (TPSA) is 35.5 Å². The molecule has 1 aromatic rings. The summed E-state index contributed by atoms with van der Waals surface area (Å²) < 4.78 is 0. The molecule has 0 amide bonds. The summed E-state index contributed by atoms with van der Waals surface area (Å²) in [5.41, 5.74) is 1.50. The summed E-state index contributed by atoms with van der Waals surface area (Å²) in [5, 5.41) is 13.3. The van der Waals surface area contributed by atoms with E-state index >= 15 is 0 Å². The Morgan fingerprint density at radius 1 is 1.24 bits per heavy atom. The third kappa shape index (κ3) is 4.80. The van der Waals surface area contributed by atoms with E-state index in [1.54, 1.807) is 0 Å². The second-order valence-corrected chi connectivity index (χ2v) is 6.97. The molecule has 1 fully saturated rings. The summed E-state index contributed by atoms with van der Waals surface area (Å²) in [5.74, 6) is 0. The van der Waals surface area contributed by atoms with Crippen LogP contribution in [-0.4, -0.2) is 48.3 Å². The van der Waals surface area contributed by atoms with Gasteiger partial charge in [0, 0.05) is 37.6 Å². The molecule has 3 heteroatoms. The van der Waals surface area contributed by atoms with Crippen molar-refractivity contribution in [2.24, 2.45) is 0 Å². The van der Waals surface area contributed by atoms with Crippen LogP contribution >= 0.6 is 0 Å². The molecule has 21 heavy (non-hydrogen) atoms. The standard InChI is InChI=1S/C18H30N2O/c1-15(2)19-13-18(3,16-7-5-4-6-8-16)14-20-11-9-17(21)10-12-20/h4-8,15,17,19,21H,9-14H2,1-3H3. The Balaban J connectivity index is 2.08. The molecule has 1 atom stereocenters. The van der Waals surface area contributed by atoms with Crippen LogP contribution in [0.3, 0.4) is 0 Å². The number of benzene rings is 1. The maximum Gasteiger partial charge on any atom is 0.0564 e. The van der Waals surface area contributed by atoms with Crippen molar-refractivity contribution in [1.29, 1.82) is 0 Å². The zero-order chi connectivity index (χ0) is 15.3. The van der Waals surface area contributed by atoms with Gasteiger partial charge in [-0.1, -0.05) is 51.1 Å². The lowest BCUT2D eigenvalue weighted by Gasteiger charge is -2.39. The van der Waals surface area contributed by atoms with Crippen LogP contribution in [0.2, 0.25) is 0 Å². The van der Waals surface area contributed by atoms with Gasteiger partial charge in [0.15, 0.2) is 0 Å². The van der Waals surface area contributed by atoms with E-state index in [0.29, 0.717) is 6.04 Å². The van der Waals surface area contributed by atoms with Crippen LogP contribution in [0.4, 0.5) is 0 Å². The van der Waals surface area contributed by atoms with Gasteiger partial charge < -0.3 is 15.3 Å². The molecule has 0 aliphatic carbocycles. The van der Waals surface area contributed by atoms with Crippen LogP contribution in [0.1, 0.15) is 39.2 Å². The molecule has 0 bridgehead atoms. The average molecular weight is 290 g/mol. The minimum atomic E-state index is -0.0991. The minimum absolute atomic E-state index is 0.0991. The molecule has 1 saturated heterocycles. The van der Waals surface area contributed by atoms with E-state index in [9.17, 15) is 5.11 Å². The molecule has 1 heterocycles. The van der Waals surface area contributed by atoms with Gasteiger partial charge in [0.25, 0.3) is 0 Å². The normalized spacial score (nSPS) is 20.6. The second-order valence-electron chi connectivity index (χ2n) is 6.97. The molecular weight excluding hydrogens is 260 g/mol. The van der Waals surface area contributed by atoms with Crippen molar-refractivity contribution < 1.29 is 5.11 Å². The van der Waals surface area contributed by atoms with Crippen LogP contribution in [0, 0.1) is 0 Å². The van der Waals surface area contributed by atoms with Crippen molar-refractivity contribution >= 4 is 0 Å². The molecule has 118 valence electrons. The van der Waals surface area contributed by atoms with Gasteiger partial charge in [0.2, 0.25) is 0 Å². The molecule has 2 N–H and O–H groups in total. The van der Waals surface area contributed by atoms with Crippen molar-refractivity contribution in [3.8, 4) is 0 Å². The SMILES string of the molecule is CC(C)NCC(C)(CN1CCC(O)CC1)c1ccccc1. The minimum Gasteiger partial charge on any atom is -0.393 e. The molecular formula is C18H30N2O. The number of aliphatic hydroxyl groups excluding tert-OH is 1. The number of hydrogen-bond donors (Lipinski definition) is 2. The first-order valence-electron chi connectivity index (χ1n) is 8.19. The predicted molar refractivity (Wildman–Crippen MR) is 88.6 cm³/mol. The molecule has 0 spiro atoms. The third-order valence-electron chi connectivity index (χ3n) is 4.50. The molecule has 0 aromatic heterocycles. The van der Waals surface area contributed by atoms with E-state index in [1.807, 2.05) is 0 Å². The van der Waals surface area contributed by atoms with Gasteiger partial charge >= 0.3 is 0 Å². The smallest absolute Gasteiger partial charge is 0.0564 e. The van der Waals surface area contributed by atoms with Gasteiger partial charge in [-0.05, 0) is 18.4 Å². The van der Waals surface area contributed by atoms with Gasteiger partial charge in [-0.15, -0.1) is 0 Å². The van der Waals surface area contributed by atoms with Crippen LogP contribution in [0.5, 0.6) is 0 Å². The van der Waals surface area contributed by atoms with E-state index in [4.69, 9.17) is 0 Å². The van der Waals surface area contributed by atoms with Crippen LogP contribution < -0.4 is 5.32 Å². The van der Waals surface area contributed by atoms with Crippen molar-refractivity contribution in [3.05, 3.63) is 35.9 Å². The zero-order valence-electron chi connectivity index (χ0n) is 13.7. The summed E-state index contributed by atoms with van der Waals surface area (Å²) in [6.45, 7) is 10.8. The van der Waals surface area contributed by atoms with Crippen molar-refractivity contribution in [2.45, 2.75) is 51.2 Å². The molecule has 1 aromatic carbocycles. The fraction of sp³-hybridized carbons (Fsp3) is 0.667. The lowest BCUT2D eigenvalue weighted by Crippen LogP contribution is -2.49. The van der Waals surface area contributed by atoms with Crippen molar-refractivity contribution in [2.75, 3.05) is 26.2 Å². The number of nitrogens with one attached hydrogen (secondary N) is 1. The number of nitrogens with zero attached hydrogens (tertiary/aromatic N) is 1. The van der Waals surface area contributed by atoms with Crippen molar-refractivity contribution in [1.82, 2.24) is 10.2 Å². The van der Waals surface area contributed by atoms with Gasteiger partial charge in [0.1, 0.15) is 0 Å². The Kier molecular flexibility index (Phi) is 5.80. The quantitative estimate of drug-likeness (QED) is 0.844. The summed E-state index contributed by atoms with van der Waals surface area (Å²) in [7, 11) is 0. The van der Waals surface area contributed by atoms with Crippen LogP contribution in [0.15, 0.2) is 30.3 Å². The largest absolute Gasteiger partial charge is 0.393 e. The third-order valence-corrected chi connectivity index (χ3v) is 4.50. The Hall–Kier alpha value is -0.900. The molecule has 0 saturated carbocycles. The molecule has 0 radical (unpaired) electrons. The second kappa shape index (κ2) is 7.39. The van der Waals surface area contributed by atoms with Gasteiger partial charge in [0.05, 0.1) is 6.10 Å². The lowest BCUT2D eigenvalue weighted by molar-refractivity contribution is 0.0713. The summed E-state index contributed by atoms with van der Waals surface area (Å²) >= 11 is 0. The molecule has 2 rings (SSSR count). The van der Waals surface area contributed by atoms with E-state index in [2.05, 4.69) is 61.3 Å². The Morgan fingerprint density at radius 2 is 1.86 bits per heavy atom. The highest BCUT2D eigenvalue weighted by molar-refractivity contribution is 5.25. The first-order chi connectivity index (χ1) is 9.99. The molecule has 3 nitrogen and oxygen atoms in total. The summed E-state index contributed by atoms with van der Waals surface area (Å²) in [4.78, 5) is 2.50. The van der Waals surface area contributed by atoms with Crippen LogP contribution in [0.25, 0.3) is 0 Å². The highest BCUT2D eigenvalue weighted by Crippen LogP contribution is 2.26. The first-order valence-corrected chi connectivity index (χ1v) is 8.19. The molecule has 1 unspecified atom stereocenters. The van der Waals surface area contributed by atoms with E-state index in [-0.39, 0.29) is 11.5 Å². The number of hydrogen-bond acceptors (Lipinski definition) is 3. The predicted octanol–water partition coefficient (Wildman–Crippen LogP) is 2.40. The zero-order valence-corrected chi connectivity index (χ0v) is 13.7. The van der Waals surface area contributed by atoms with Gasteiger partial charge in [-0.25, -0.2) is 0 Å². The van der Waals surface area contributed by atoms with Crippen LogP contribution in [-0.2, 0) is 5.41 Å². The Bertz CT molecular complexity index is 412. The average Bonchev–Trinajstić information content (AvgIpc) is 2.49. The molecule has 1 aliphatic heterocycles. The highest BCUT2D eigenvalue weighted by Gasteiger charge is 2.30. The first kappa shape index (κ1) is 16.5. The lowest BCUT2D eigenvalue weighted by atomic mass is 9.81. The summed E-state index contributed by atoms with van der Waals surface area (Å²) in [6, 6.07) is 11.3. The monoisotopic (exact) mass is 290 g/mol. The van der Waals surface area contributed by atoms with E-state index in [1.165, 1.54) is 5.56 Å². The highest BCUT2D eigenvalue weighted by atomic mass is 16.3. The number of likely N-dealkylation sites (tertiary alicyclic amines) is 1. The Labute approximate surface area is 129 Å².